The summed E-state index contributed by atoms with van der Waals surface area (Å²) in [6, 6.07) is 6.78. The Kier molecular flexibility index (Phi) is 6.79. The summed E-state index contributed by atoms with van der Waals surface area (Å²) < 4.78 is 26.8. The molecule has 0 aromatic heterocycles. The molecule has 1 N–H and O–H groups in total. The van der Waals surface area contributed by atoms with Gasteiger partial charge in [-0.2, -0.15) is 4.31 Å². The van der Waals surface area contributed by atoms with Crippen molar-refractivity contribution in [2.24, 2.45) is 5.92 Å². The normalized spacial score (nSPS) is 21.1. The van der Waals surface area contributed by atoms with E-state index in [0.29, 0.717) is 5.92 Å². The predicted molar refractivity (Wildman–Crippen MR) is 99.7 cm³/mol. The average Bonchev–Trinajstić information content (AvgIpc) is 2.57. The average molecular weight is 365 g/mol. The molecule has 0 bridgehead atoms. The van der Waals surface area contributed by atoms with E-state index < -0.39 is 10.0 Å². The van der Waals surface area contributed by atoms with E-state index in [9.17, 15) is 13.2 Å². The lowest BCUT2D eigenvalue weighted by Gasteiger charge is -2.30. The third-order valence-corrected chi connectivity index (χ3v) is 6.60. The molecule has 0 heterocycles. The first-order valence-electron chi connectivity index (χ1n) is 8.81. The number of benzene rings is 1. The summed E-state index contributed by atoms with van der Waals surface area (Å²) in [5.74, 6) is 0.176. The monoisotopic (exact) mass is 364 g/mol. The van der Waals surface area contributed by atoms with Crippen LogP contribution in [0.2, 0.25) is 0 Å². The van der Waals surface area contributed by atoms with Crippen LogP contribution in [0.15, 0.2) is 41.8 Å². The zero-order valence-electron chi connectivity index (χ0n) is 15.1. The van der Waals surface area contributed by atoms with Crippen LogP contribution in [-0.4, -0.2) is 37.8 Å². The standard InChI is InChI=1S/C19H28N2O3S/c1-4-13-21(25(23,24)17-11-9-15(2)10-12-17)14-19(22)20-18-8-6-5-7-16(18)3/h4,9-12,16,18H,1,5-8,13-14H2,2-3H3,(H,20,22)/t16-,18-/m0/s1. The van der Waals surface area contributed by atoms with E-state index in [1.165, 1.54) is 16.8 Å². The van der Waals surface area contributed by atoms with Crippen LogP contribution in [0.5, 0.6) is 0 Å². The molecule has 1 aromatic carbocycles. The van der Waals surface area contributed by atoms with E-state index in [1.807, 2.05) is 6.92 Å². The van der Waals surface area contributed by atoms with Crippen LogP contribution >= 0.6 is 0 Å². The fourth-order valence-corrected chi connectivity index (χ4v) is 4.56. The lowest BCUT2D eigenvalue weighted by atomic mass is 9.86. The molecule has 0 unspecified atom stereocenters. The van der Waals surface area contributed by atoms with E-state index >= 15 is 0 Å². The van der Waals surface area contributed by atoms with Crippen molar-refractivity contribution in [1.82, 2.24) is 9.62 Å². The highest BCUT2D eigenvalue weighted by atomic mass is 32.2. The van der Waals surface area contributed by atoms with Crippen molar-refractivity contribution in [1.29, 1.82) is 0 Å². The van der Waals surface area contributed by atoms with Gasteiger partial charge in [0.15, 0.2) is 0 Å². The number of sulfonamides is 1. The fourth-order valence-electron chi connectivity index (χ4n) is 3.19. The molecule has 1 fully saturated rings. The van der Waals surface area contributed by atoms with Gasteiger partial charge in [-0.15, -0.1) is 6.58 Å². The maximum Gasteiger partial charge on any atom is 0.243 e. The van der Waals surface area contributed by atoms with E-state index in [-0.39, 0.29) is 29.9 Å². The molecular weight excluding hydrogens is 336 g/mol. The number of hydrogen-bond acceptors (Lipinski definition) is 3. The van der Waals surface area contributed by atoms with Gasteiger partial charge in [0.25, 0.3) is 0 Å². The van der Waals surface area contributed by atoms with Crippen molar-refractivity contribution in [3.63, 3.8) is 0 Å². The highest BCUT2D eigenvalue weighted by Crippen LogP contribution is 2.24. The van der Waals surface area contributed by atoms with Crippen LogP contribution in [-0.2, 0) is 14.8 Å². The highest BCUT2D eigenvalue weighted by molar-refractivity contribution is 7.89. The van der Waals surface area contributed by atoms with Crippen molar-refractivity contribution in [2.45, 2.75) is 50.5 Å². The number of amides is 1. The van der Waals surface area contributed by atoms with Gasteiger partial charge < -0.3 is 5.32 Å². The smallest absolute Gasteiger partial charge is 0.243 e. The third kappa shape index (κ3) is 5.16. The molecule has 25 heavy (non-hydrogen) atoms. The van der Waals surface area contributed by atoms with Gasteiger partial charge in [-0.3, -0.25) is 4.79 Å². The Morgan fingerprint density at radius 3 is 2.52 bits per heavy atom. The minimum absolute atomic E-state index is 0.101. The first-order valence-corrected chi connectivity index (χ1v) is 10.3. The molecule has 2 rings (SSSR count). The molecule has 0 radical (unpaired) electrons. The summed E-state index contributed by atoms with van der Waals surface area (Å²) >= 11 is 0. The van der Waals surface area contributed by atoms with E-state index in [1.54, 1.807) is 24.3 Å². The van der Waals surface area contributed by atoms with E-state index in [2.05, 4.69) is 18.8 Å². The van der Waals surface area contributed by atoms with Gasteiger partial charge in [-0.05, 0) is 37.8 Å². The minimum Gasteiger partial charge on any atom is -0.352 e. The van der Waals surface area contributed by atoms with Gasteiger partial charge in [-0.25, -0.2) is 8.42 Å². The fraction of sp³-hybridized carbons (Fsp3) is 0.526. The summed E-state index contributed by atoms with van der Waals surface area (Å²) in [7, 11) is -3.73. The van der Waals surface area contributed by atoms with Crippen molar-refractivity contribution in [2.75, 3.05) is 13.1 Å². The molecule has 0 aliphatic heterocycles. The molecule has 1 aliphatic rings. The minimum atomic E-state index is -3.73. The zero-order valence-corrected chi connectivity index (χ0v) is 15.9. The van der Waals surface area contributed by atoms with Gasteiger partial charge in [0.1, 0.15) is 0 Å². The summed E-state index contributed by atoms with van der Waals surface area (Å²) in [5, 5.41) is 3.01. The molecule has 5 nitrogen and oxygen atoms in total. The van der Waals surface area contributed by atoms with Crippen LogP contribution in [0, 0.1) is 12.8 Å². The van der Waals surface area contributed by atoms with E-state index in [0.717, 1.165) is 24.8 Å². The van der Waals surface area contributed by atoms with Crippen molar-refractivity contribution in [3.8, 4) is 0 Å². The van der Waals surface area contributed by atoms with Crippen LogP contribution < -0.4 is 5.32 Å². The number of carbonyl (C=O) groups is 1. The molecular formula is C19H28N2O3S. The number of nitrogens with one attached hydrogen (secondary N) is 1. The lowest BCUT2D eigenvalue weighted by Crippen LogP contribution is -2.47. The molecule has 2 atom stereocenters. The van der Waals surface area contributed by atoms with Crippen molar-refractivity contribution in [3.05, 3.63) is 42.5 Å². The first kappa shape index (κ1) is 19.7. The number of hydrogen-bond donors (Lipinski definition) is 1. The quantitative estimate of drug-likeness (QED) is 0.757. The topological polar surface area (TPSA) is 66.5 Å². The maximum absolute atomic E-state index is 12.8. The maximum atomic E-state index is 12.8. The van der Waals surface area contributed by atoms with Gasteiger partial charge in [-0.1, -0.05) is 43.5 Å². The van der Waals surface area contributed by atoms with Crippen LogP contribution in [0.25, 0.3) is 0 Å². The second kappa shape index (κ2) is 8.63. The van der Waals surface area contributed by atoms with Gasteiger partial charge in [0.05, 0.1) is 11.4 Å². The Morgan fingerprint density at radius 2 is 1.92 bits per heavy atom. The summed E-state index contributed by atoms with van der Waals surface area (Å²) in [5.41, 5.74) is 0.984. The van der Waals surface area contributed by atoms with E-state index in [4.69, 9.17) is 0 Å². The summed E-state index contributed by atoms with van der Waals surface area (Å²) in [6.45, 7) is 7.56. The highest BCUT2D eigenvalue weighted by Gasteiger charge is 2.28. The second-order valence-electron chi connectivity index (χ2n) is 6.84. The number of aryl methyl sites for hydroxylation is 1. The van der Waals surface area contributed by atoms with Crippen LogP contribution in [0.4, 0.5) is 0 Å². The molecule has 1 saturated carbocycles. The molecule has 0 spiro atoms. The molecule has 1 aliphatic carbocycles. The first-order chi connectivity index (χ1) is 11.8. The summed E-state index contributed by atoms with van der Waals surface area (Å²) in [4.78, 5) is 12.6. The van der Waals surface area contributed by atoms with Crippen LogP contribution in [0.1, 0.15) is 38.2 Å². The Morgan fingerprint density at radius 1 is 1.28 bits per heavy atom. The second-order valence-corrected chi connectivity index (χ2v) is 8.77. The Hall–Kier alpha value is -1.66. The van der Waals surface area contributed by atoms with Crippen LogP contribution in [0.3, 0.4) is 0 Å². The Bertz CT molecular complexity index is 698. The Labute approximate surface area is 151 Å². The molecule has 0 saturated heterocycles. The Balaban J connectivity index is 2.10. The lowest BCUT2D eigenvalue weighted by molar-refractivity contribution is -0.122. The van der Waals surface area contributed by atoms with Crippen molar-refractivity contribution < 1.29 is 13.2 Å². The van der Waals surface area contributed by atoms with Gasteiger partial charge >= 0.3 is 0 Å². The van der Waals surface area contributed by atoms with Crippen molar-refractivity contribution >= 4 is 15.9 Å². The SMILES string of the molecule is C=CCN(CC(=O)N[C@H]1CCCC[C@@H]1C)S(=O)(=O)c1ccc(C)cc1. The molecule has 138 valence electrons. The number of nitrogens with zero attached hydrogens (tertiary/aromatic N) is 1. The molecule has 6 heteroatoms. The molecule has 1 aromatic rings. The predicted octanol–water partition coefficient (Wildman–Crippen LogP) is 2.87. The third-order valence-electron chi connectivity index (χ3n) is 4.77. The van der Waals surface area contributed by atoms with Gasteiger partial charge in [0.2, 0.25) is 15.9 Å². The zero-order chi connectivity index (χ0) is 18.4. The molecule has 1 amide bonds. The largest absolute Gasteiger partial charge is 0.352 e. The number of rotatable bonds is 7. The summed E-state index contributed by atoms with van der Waals surface area (Å²) in [6.07, 6.45) is 5.86. The van der Waals surface area contributed by atoms with Gasteiger partial charge in [0, 0.05) is 12.6 Å². The number of carbonyl (C=O) groups excluding carboxylic acids is 1.